The van der Waals surface area contributed by atoms with Gasteiger partial charge in [-0.15, -0.1) is 0 Å². The lowest BCUT2D eigenvalue weighted by Gasteiger charge is -2.40. The Labute approximate surface area is 176 Å². The number of rotatable bonds is 8. The molecule has 1 saturated carbocycles. The molecule has 1 amide bonds. The van der Waals surface area contributed by atoms with Gasteiger partial charge in [-0.05, 0) is 42.6 Å². The summed E-state index contributed by atoms with van der Waals surface area (Å²) in [6.45, 7) is 2.48. The molecular formula is C21H30BNO7. The van der Waals surface area contributed by atoms with Gasteiger partial charge in [-0.1, -0.05) is 32.3 Å². The average Bonchev–Trinajstić information content (AvgIpc) is 2.64. The second-order valence-electron chi connectivity index (χ2n) is 8.55. The van der Waals surface area contributed by atoms with E-state index in [2.05, 4.69) is 0 Å². The second kappa shape index (κ2) is 9.70. The lowest BCUT2D eigenvalue weighted by atomic mass is 9.76. The molecule has 2 fully saturated rings. The number of hydrogen-bond acceptors (Lipinski definition) is 6. The molecule has 0 bridgehead atoms. The van der Waals surface area contributed by atoms with Crippen LogP contribution in [0.4, 0.5) is 0 Å². The number of ether oxygens (including phenoxy) is 1. The predicted molar refractivity (Wildman–Crippen MR) is 111 cm³/mol. The Morgan fingerprint density at radius 1 is 1.20 bits per heavy atom. The number of carboxylic acid groups (broad SMARTS) is 1. The van der Waals surface area contributed by atoms with Gasteiger partial charge in [-0.25, -0.2) is 4.79 Å². The van der Waals surface area contributed by atoms with Crippen LogP contribution < -0.4 is 4.74 Å². The van der Waals surface area contributed by atoms with E-state index < -0.39 is 24.8 Å². The highest BCUT2D eigenvalue weighted by atomic mass is 16.5. The van der Waals surface area contributed by atoms with Gasteiger partial charge in [0.25, 0.3) is 0 Å². The van der Waals surface area contributed by atoms with Gasteiger partial charge in [0.1, 0.15) is 23.2 Å². The van der Waals surface area contributed by atoms with Crippen molar-refractivity contribution in [3.05, 3.63) is 23.3 Å². The number of likely N-dealkylation sites (tertiary alicyclic amines) is 1. The molecule has 0 unspecified atom stereocenters. The number of hydrogen-bond donors (Lipinski definition) is 4. The molecule has 3 rings (SSSR count). The molecule has 1 heterocycles. The topological polar surface area (TPSA) is 128 Å². The zero-order valence-electron chi connectivity index (χ0n) is 17.3. The normalized spacial score (nSPS) is 18.6. The van der Waals surface area contributed by atoms with E-state index >= 15 is 0 Å². The van der Waals surface area contributed by atoms with Gasteiger partial charge in [-0.3, -0.25) is 4.79 Å². The first kappa shape index (κ1) is 22.4. The lowest BCUT2D eigenvalue weighted by Crippen LogP contribution is -2.56. The number of nitrogens with zero attached hydrogens (tertiary/aromatic N) is 1. The summed E-state index contributed by atoms with van der Waals surface area (Å²) in [4.78, 5) is 25.9. The fourth-order valence-electron chi connectivity index (χ4n) is 4.40. The van der Waals surface area contributed by atoms with Crippen LogP contribution in [0.15, 0.2) is 12.1 Å². The van der Waals surface area contributed by atoms with Crippen LogP contribution in [0.2, 0.25) is 6.32 Å². The van der Waals surface area contributed by atoms with E-state index in [-0.39, 0.29) is 29.6 Å². The van der Waals surface area contributed by atoms with Crippen molar-refractivity contribution >= 4 is 19.0 Å². The van der Waals surface area contributed by atoms with Crippen LogP contribution in [-0.4, -0.2) is 63.3 Å². The second-order valence-corrected chi connectivity index (χ2v) is 8.55. The molecule has 8 nitrogen and oxygen atoms in total. The molecule has 164 valence electrons. The maximum atomic E-state index is 12.4. The largest absolute Gasteiger partial charge is 0.507 e. The Morgan fingerprint density at radius 3 is 2.47 bits per heavy atom. The van der Waals surface area contributed by atoms with Crippen LogP contribution in [-0.2, 0) is 4.79 Å². The minimum absolute atomic E-state index is 0.0342. The molecule has 2 aliphatic rings. The Hall–Kier alpha value is -2.26. The Bertz CT molecular complexity index is 773. The summed E-state index contributed by atoms with van der Waals surface area (Å²) in [7, 11) is -1.56. The van der Waals surface area contributed by atoms with E-state index in [9.17, 15) is 19.8 Å². The van der Waals surface area contributed by atoms with Crippen molar-refractivity contribution in [1.29, 1.82) is 0 Å². The summed E-state index contributed by atoms with van der Waals surface area (Å²) >= 11 is 0. The number of carboxylic acids is 1. The summed E-state index contributed by atoms with van der Waals surface area (Å²) in [6.07, 6.45) is 6.07. The first-order valence-electron chi connectivity index (χ1n) is 10.7. The van der Waals surface area contributed by atoms with Crippen LogP contribution in [0.1, 0.15) is 67.3 Å². The third kappa shape index (κ3) is 5.26. The number of aromatic carboxylic acids is 1. The summed E-state index contributed by atoms with van der Waals surface area (Å²) in [6, 6.07) is 3.01. The molecule has 1 aliphatic heterocycles. The van der Waals surface area contributed by atoms with Crippen molar-refractivity contribution < 1.29 is 34.6 Å². The van der Waals surface area contributed by atoms with Crippen LogP contribution in [0.5, 0.6) is 11.5 Å². The summed E-state index contributed by atoms with van der Waals surface area (Å²) in [5.41, 5.74) is -0.0375. The van der Waals surface area contributed by atoms with Gasteiger partial charge in [0.15, 0.2) is 0 Å². The molecule has 0 spiro atoms. The van der Waals surface area contributed by atoms with Crippen molar-refractivity contribution in [2.24, 2.45) is 5.92 Å². The van der Waals surface area contributed by atoms with Crippen molar-refractivity contribution in [1.82, 2.24) is 4.90 Å². The Kier molecular flexibility index (Phi) is 7.25. The summed E-state index contributed by atoms with van der Waals surface area (Å²) < 4.78 is 5.78. The number of amides is 1. The van der Waals surface area contributed by atoms with Crippen LogP contribution >= 0.6 is 0 Å². The predicted octanol–water partition coefficient (Wildman–Crippen LogP) is 2.23. The average molecular weight is 419 g/mol. The zero-order chi connectivity index (χ0) is 21.8. The van der Waals surface area contributed by atoms with Crippen molar-refractivity contribution in [2.75, 3.05) is 13.1 Å². The van der Waals surface area contributed by atoms with Crippen molar-refractivity contribution in [2.45, 2.75) is 63.8 Å². The quantitative estimate of drug-likeness (QED) is 0.476. The van der Waals surface area contributed by atoms with Gasteiger partial charge in [0.05, 0.1) is 13.1 Å². The van der Waals surface area contributed by atoms with Crippen molar-refractivity contribution in [3.63, 3.8) is 0 Å². The maximum Gasteiger partial charge on any atom is 0.452 e. The fraction of sp³-hybridized carbons (Fsp3) is 0.619. The molecule has 1 aromatic rings. The third-order valence-electron chi connectivity index (χ3n) is 6.16. The van der Waals surface area contributed by atoms with Crippen LogP contribution in [0, 0.1) is 5.92 Å². The first-order chi connectivity index (χ1) is 14.3. The number of phenols is 1. The standard InChI is InChI=1S/C21H30BNO7/c1-13(10-22(28)29)16-7-8-17(19(20(16)25)21(26)27)30-15-11-23(12-15)18(24)9-14-5-3-2-4-6-14/h7-8,13-15,25,28-29H,2-6,9-12H2,1H3,(H,26,27)/t13-/m0/s1. The Morgan fingerprint density at radius 2 is 1.87 bits per heavy atom. The molecule has 30 heavy (non-hydrogen) atoms. The summed E-state index contributed by atoms with van der Waals surface area (Å²) in [5.74, 6) is -1.58. The van der Waals surface area contributed by atoms with Gasteiger partial charge in [-0.2, -0.15) is 0 Å². The molecule has 9 heteroatoms. The highest BCUT2D eigenvalue weighted by Crippen LogP contribution is 2.38. The highest BCUT2D eigenvalue weighted by Gasteiger charge is 2.35. The first-order valence-corrected chi connectivity index (χ1v) is 10.7. The molecule has 1 saturated heterocycles. The SMILES string of the molecule is C[C@@H](CB(O)O)c1ccc(OC2CN(C(=O)CC3CCCCC3)C2)c(C(=O)O)c1O. The van der Waals surface area contributed by atoms with Gasteiger partial charge in [0, 0.05) is 6.42 Å². The molecule has 0 radical (unpaired) electrons. The van der Waals surface area contributed by atoms with Gasteiger partial charge < -0.3 is 29.9 Å². The smallest absolute Gasteiger partial charge is 0.452 e. The molecule has 1 atom stereocenters. The third-order valence-corrected chi connectivity index (χ3v) is 6.16. The van der Waals surface area contributed by atoms with Gasteiger partial charge in [0.2, 0.25) is 5.91 Å². The lowest BCUT2D eigenvalue weighted by molar-refractivity contribution is -0.141. The van der Waals surface area contributed by atoms with E-state index in [1.54, 1.807) is 11.8 Å². The van der Waals surface area contributed by atoms with E-state index in [0.29, 0.717) is 31.0 Å². The number of benzene rings is 1. The summed E-state index contributed by atoms with van der Waals surface area (Å²) in [5, 5.41) is 38.3. The van der Waals surface area contributed by atoms with E-state index in [1.165, 1.54) is 31.4 Å². The number of carbonyl (C=O) groups excluding carboxylic acids is 1. The number of carbonyl (C=O) groups is 2. The minimum atomic E-state index is -1.56. The fourth-order valence-corrected chi connectivity index (χ4v) is 4.40. The van der Waals surface area contributed by atoms with Crippen LogP contribution in [0.3, 0.4) is 0 Å². The van der Waals surface area contributed by atoms with Crippen molar-refractivity contribution in [3.8, 4) is 11.5 Å². The van der Waals surface area contributed by atoms with Gasteiger partial charge >= 0.3 is 13.1 Å². The highest BCUT2D eigenvalue weighted by molar-refractivity contribution is 6.41. The van der Waals surface area contributed by atoms with E-state index in [0.717, 1.165) is 12.8 Å². The Balaban J connectivity index is 1.61. The maximum absolute atomic E-state index is 12.4. The molecule has 1 aliphatic carbocycles. The van der Waals surface area contributed by atoms with Crippen LogP contribution in [0.25, 0.3) is 0 Å². The minimum Gasteiger partial charge on any atom is -0.507 e. The molecule has 1 aromatic carbocycles. The molecular weight excluding hydrogens is 389 g/mol. The molecule has 0 aromatic heterocycles. The number of aromatic hydroxyl groups is 1. The van der Waals surface area contributed by atoms with E-state index in [4.69, 9.17) is 14.8 Å². The zero-order valence-corrected chi connectivity index (χ0v) is 17.3. The monoisotopic (exact) mass is 419 g/mol. The molecule has 4 N–H and O–H groups in total. The van der Waals surface area contributed by atoms with E-state index in [1.807, 2.05) is 0 Å².